The van der Waals surface area contributed by atoms with Gasteiger partial charge in [0.15, 0.2) is 7.02 Å². The van der Waals surface area contributed by atoms with Gasteiger partial charge in [0.05, 0.1) is 0 Å². The highest BCUT2D eigenvalue weighted by Crippen LogP contribution is 2.11. The Morgan fingerprint density at radius 2 is 1.86 bits per heavy atom. The van der Waals surface area contributed by atoms with E-state index in [2.05, 4.69) is 53.8 Å². The van der Waals surface area contributed by atoms with Gasteiger partial charge in [0, 0.05) is 0 Å². The van der Waals surface area contributed by atoms with Gasteiger partial charge in [-0.25, -0.2) is 0 Å². The summed E-state index contributed by atoms with van der Waals surface area (Å²) in [5.41, 5.74) is 3.21. The maximum Gasteiger partial charge on any atom is 0.169 e. The van der Waals surface area contributed by atoms with Crippen LogP contribution in [0.2, 0.25) is 0 Å². The second kappa shape index (κ2) is 6.61. The van der Waals surface area contributed by atoms with Crippen LogP contribution in [0, 0.1) is 0 Å². The topological polar surface area (TPSA) is 0 Å². The van der Waals surface area contributed by atoms with E-state index in [1.165, 1.54) is 25.7 Å². The Morgan fingerprint density at radius 3 is 2.43 bits per heavy atom. The maximum atomic E-state index is 2.49. The molecule has 0 saturated heterocycles. The number of rotatable bonds is 5. The fourth-order valence-electron chi connectivity index (χ4n) is 1.77. The number of benzene rings is 1. The molecule has 0 N–H and O–H groups in total. The smallest absolute Gasteiger partial charge is 0.117 e. The van der Waals surface area contributed by atoms with Crippen molar-refractivity contribution in [2.24, 2.45) is 0 Å². The van der Waals surface area contributed by atoms with E-state index in [9.17, 15) is 0 Å². The van der Waals surface area contributed by atoms with Crippen molar-refractivity contribution in [2.75, 3.05) is 0 Å². The lowest BCUT2D eigenvalue weighted by atomic mass is 10.00. The fourth-order valence-corrected chi connectivity index (χ4v) is 3.85. The van der Waals surface area contributed by atoms with E-state index in [4.69, 9.17) is 0 Å². The van der Waals surface area contributed by atoms with Gasteiger partial charge in [-0.1, -0.05) is 44.9 Å². The van der Waals surface area contributed by atoms with E-state index in [1.807, 2.05) is 0 Å². The molecule has 0 aliphatic rings. The van der Waals surface area contributed by atoms with E-state index < -0.39 is 0 Å². The number of hydrogen-bond acceptors (Lipinski definition) is 0. The van der Waals surface area contributed by atoms with Crippen molar-refractivity contribution in [1.82, 2.24) is 0 Å². The molecule has 1 aromatic carbocycles. The molecule has 0 saturated carbocycles. The molecule has 1 rings (SSSR count). The van der Waals surface area contributed by atoms with Crippen LogP contribution in [0.3, 0.4) is 0 Å². The second-order valence-corrected chi connectivity index (χ2v) is 5.88. The lowest BCUT2D eigenvalue weighted by molar-refractivity contribution is 0.866. The van der Waals surface area contributed by atoms with Gasteiger partial charge in [-0.15, -0.1) is 21.8 Å². The molecule has 76 valence electrons. The zero-order valence-electron chi connectivity index (χ0n) is 8.94. The molecule has 0 bridgehead atoms. The molecule has 0 fully saturated rings. The Bertz CT molecular complexity index is 284. The van der Waals surface area contributed by atoms with Crippen LogP contribution in [-0.4, -0.2) is 7.02 Å². The van der Waals surface area contributed by atoms with Crippen LogP contribution in [0.15, 0.2) is 18.2 Å². The summed E-state index contributed by atoms with van der Waals surface area (Å²) in [7, 11) is 0.910. The molecule has 14 heavy (non-hydrogen) atoms. The lowest BCUT2D eigenvalue weighted by Crippen LogP contribution is -2.17. The first-order valence-electron chi connectivity index (χ1n) is 5.30. The zero-order valence-corrected chi connectivity index (χ0v) is 12.1. The van der Waals surface area contributed by atoms with Crippen LogP contribution in [0.25, 0.3) is 0 Å². The summed E-state index contributed by atoms with van der Waals surface area (Å²) >= 11 is 2.49. The standard InChI is InChI=1S/C12H17ISi/c1-3-6-10-8-5-9-12(14-13)11(10)7-4-2/h5,8-9H,3-4,6-7H2,1-2H3. The highest BCUT2D eigenvalue weighted by molar-refractivity contribution is 14.1. The van der Waals surface area contributed by atoms with Gasteiger partial charge in [0.25, 0.3) is 0 Å². The summed E-state index contributed by atoms with van der Waals surface area (Å²) in [6.45, 7) is 4.53. The normalized spacial score (nSPS) is 10.5. The van der Waals surface area contributed by atoms with Crippen molar-refractivity contribution < 1.29 is 0 Å². The Kier molecular flexibility index (Phi) is 5.78. The zero-order chi connectivity index (χ0) is 10.4. The molecule has 0 aliphatic heterocycles. The molecular weight excluding hydrogens is 299 g/mol. The molecule has 0 nitrogen and oxygen atoms in total. The van der Waals surface area contributed by atoms with Gasteiger partial charge >= 0.3 is 0 Å². The monoisotopic (exact) mass is 316 g/mol. The Morgan fingerprint density at radius 1 is 1.14 bits per heavy atom. The van der Waals surface area contributed by atoms with Crippen LogP contribution < -0.4 is 5.19 Å². The lowest BCUT2D eigenvalue weighted by Gasteiger charge is -2.11. The molecule has 0 aromatic heterocycles. The molecule has 0 unspecified atom stereocenters. The molecule has 0 atom stereocenters. The first-order chi connectivity index (χ1) is 6.83. The van der Waals surface area contributed by atoms with E-state index >= 15 is 0 Å². The van der Waals surface area contributed by atoms with Crippen molar-refractivity contribution >= 4 is 34.0 Å². The first-order valence-corrected chi connectivity index (χ1v) is 9.42. The van der Waals surface area contributed by atoms with Gasteiger partial charge in [0.2, 0.25) is 0 Å². The predicted molar refractivity (Wildman–Crippen MR) is 73.8 cm³/mol. The van der Waals surface area contributed by atoms with Gasteiger partial charge in [-0.3, -0.25) is 0 Å². The third kappa shape index (κ3) is 3.09. The van der Waals surface area contributed by atoms with Gasteiger partial charge in [0.1, 0.15) is 0 Å². The molecule has 2 radical (unpaired) electrons. The Hall–Kier alpha value is 0.167. The molecular formula is C12H17ISi. The highest BCUT2D eigenvalue weighted by atomic mass is 127. The third-order valence-corrected chi connectivity index (χ3v) is 4.81. The summed E-state index contributed by atoms with van der Waals surface area (Å²) in [5.74, 6) is 0. The molecule has 0 aliphatic carbocycles. The molecule has 1 aromatic rings. The SMILES string of the molecule is CCCc1cccc([Si]I)c1CCC. The fraction of sp³-hybridized carbons (Fsp3) is 0.500. The summed E-state index contributed by atoms with van der Waals surface area (Å²) in [6, 6.07) is 6.80. The summed E-state index contributed by atoms with van der Waals surface area (Å²) in [4.78, 5) is 0. The van der Waals surface area contributed by atoms with Gasteiger partial charge in [-0.05, 0) is 29.2 Å². The van der Waals surface area contributed by atoms with Crippen molar-refractivity contribution in [1.29, 1.82) is 0 Å². The predicted octanol–water partition coefficient (Wildman–Crippen LogP) is 3.27. The van der Waals surface area contributed by atoms with Crippen molar-refractivity contribution in [3.05, 3.63) is 29.3 Å². The minimum atomic E-state index is 0.910. The van der Waals surface area contributed by atoms with Gasteiger partial charge < -0.3 is 0 Å². The van der Waals surface area contributed by atoms with Crippen LogP contribution in [0.4, 0.5) is 0 Å². The van der Waals surface area contributed by atoms with Crippen LogP contribution in [-0.2, 0) is 12.8 Å². The molecule has 0 heterocycles. The van der Waals surface area contributed by atoms with E-state index in [0.29, 0.717) is 0 Å². The first kappa shape index (κ1) is 12.2. The molecule has 0 amide bonds. The van der Waals surface area contributed by atoms with E-state index in [1.54, 1.807) is 16.3 Å². The Balaban J connectivity index is 3.00. The number of halogens is 1. The van der Waals surface area contributed by atoms with Crippen LogP contribution >= 0.6 is 21.8 Å². The van der Waals surface area contributed by atoms with E-state index in [0.717, 1.165) is 7.02 Å². The van der Waals surface area contributed by atoms with Crippen molar-refractivity contribution in [2.45, 2.75) is 39.5 Å². The maximum absolute atomic E-state index is 2.49. The van der Waals surface area contributed by atoms with Crippen molar-refractivity contribution in [3.8, 4) is 0 Å². The van der Waals surface area contributed by atoms with Crippen LogP contribution in [0.1, 0.15) is 37.8 Å². The summed E-state index contributed by atoms with van der Waals surface area (Å²) < 4.78 is 0. The Labute approximate surface area is 103 Å². The minimum Gasteiger partial charge on any atom is -0.117 e. The average Bonchev–Trinajstić information content (AvgIpc) is 2.21. The molecule has 2 heteroatoms. The van der Waals surface area contributed by atoms with Gasteiger partial charge in [-0.2, -0.15) is 0 Å². The van der Waals surface area contributed by atoms with Crippen molar-refractivity contribution in [3.63, 3.8) is 0 Å². The number of aryl methyl sites for hydroxylation is 1. The van der Waals surface area contributed by atoms with Crippen LogP contribution in [0.5, 0.6) is 0 Å². The van der Waals surface area contributed by atoms with E-state index in [-0.39, 0.29) is 0 Å². The molecule has 0 spiro atoms. The quantitative estimate of drug-likeness (QED) is 0.444. The highest BCUT2D eigenvalue weighted by Gasteiger charge is 2.06. The summed E-state index contributed by atoms with van der Waals surface area (Å²) in [5, 5.41) is 1.57. The largest absolute Gasteiger partial charge is 0.169 e. The number of hydrogen-bond donors (Lipinski definition) is 0. The third-order valence-electron chi connectivity index (χ3n) is 2.39. The second-order valence-electron chi connectivity index (χ2n) is 3.54. The summed E-state index contributed by atoms with van der Waals surface area (Å²) in [6.07, 6.45) is 5.01. The average molecular weight is 316 g/mol. The minimum absolute atomic E-state index is 0.910.